The van der Waals surface area contributed by atoms with Crippen LogP contribution >= 0.6 is 0 Å². The molecule has 0 saturated heterocycles. The van der Waals surface area contributed by atoms with Crippen molar-refractivity contribution >= 4 is 5.69 Å². The lowest BCUT2D eigenvalue weighted by Gasteiger charge is -2.14. The Morgan fingerprint density at radius 3 is 2.81 bits per heavy atom. The molecule has 1 N–H and O–H groups in total. The molecule has 0 spiro atoms. The topological polar surface area (TPSA) is 35.8 Å². The summed E-state index contributed by atoms with van der Waals surface area (Å²) in [7, 11) is 0. The predicted octanol–water partition coefficient (Wildman–Crippen LogP) is 3.30. The van der Waals surface area contributed by atoms with Crippen molar-refractivity contribution in [3.63, 3.8) is 0 Å². The van der Waals surface area contributed by atoms with Crippen molar-refractivity contribution in [3.05, 3.63) is 29.6 Å². The highest BCUT2D eigenvalue weighted by Gasteiger charge is 2.21. The summed E-state index contributed by atoms with van der Waals surface area (Å²) in [6, 6.07) is 6.87. The summed E-state index contributed by atoms with van der Waals surface area (Å²) in [6.07, 6.45) is 3.40. The second kappa shape index (κ2) is 4.52. The Kier molecular flexibility index (Phi) is 3.09. The molecule has 2 unspecified atom stereocenters. The summed E-state index contributed by atoms with van der Waals surface area (Å²) in [5.41, 5.74) is 0.876. The second-order valence-electron chi connectivity index (χ2n) is 4.57. The Bertz CT molecular complexity index is 422. The minimum atomic E-state index is -0.335. The van der Waals surface area contributed by atoms with Crippen LogP contribution in [-0.4, -0.2) is 6.04 Å². The first kappa shape index (κ1) is 10.9. The summed E-state index contributed by atoms with van der Waals surface area (Å²) in [5, 5.41) is 11.8. The van der Waals surface area contributed by atoms with Gasteiger partial charge in [0.05, 0.1) is 17.3 Å². The molecule has 0 amide bonds. The van der Waals surface area contributed by atoms with Crippen LogP contribution in [0.1, 0.15) is 31.7 Å². The molecule has 2 atom stereocenters. The van der Waals surface area contributed by atoms with Crippen molar-refractivity contribution in [3.8, 4) is 6.07 Å². The van der Waals surface area contributed by atoms with Gasteiger partial charge < -0.3 is 5.32 Å². The molecule has 1 saturated carbocycles. The van der Waals surface area contributed by atoms with Crippen LogP contribution in [0.25, 0.3) is 0 Å². The van der Waals surface area contributed by atoms with E-state index in [9.17, 15) is 4.39 Å². The van der Waals surface area contributed by atoms with E-state index >= 15 is 0 Å². The lowest BCUT2D eigenvalue weighted by atomic mass is 10.1. The molecule has 0 aliphatic heterocycles. The molecule has 1 aromatic carbocycles. The molecular weight excluding hydrogens is 203 g/mol. The maximum Gasteiger partial charge on any atom is 0.147 e. The number of nitriles is 1. The number of halogens is 1. The van der Waals surface area contributed by atoms with Gasteiger partial charge in [-0.2, -0.15) is 5.26 Å². The smallest absolute Gasteiger partial charge is 0.147 e. The van der Waals surface area contributed by atoms with Gasteiger partial charge in [-0.1, -0.05) is 6.92 Å². The van der Waals surface area contributed by atoms with Crippen LogP contribution in [0.4, 0.5) is 10.1 Å². The number of benzene rings is 1. The highest BCUT2D eigenvalue weighted by molar-refractivity contribution is 5.49. The van der Waals surface area contributed by atoms with Gasteiger partial charge in [0.15, 0.2) is 0 Å². The van der Waals surface area contributed by atoms with E-state index in [1.165, 1.54) is 12.5 Å². The number of rotatable bonds is 2. The van der Waals surface area contributed by atoms with Crippen molar-refractivity contribution in [1.82, 2.24) is 0 Å². The van der Waals surface area contributed by atoms with Crippen molar-refractivity contribution in [1.29, 1.82) is 5.26 Å². The molecule has 0 aromatic heterocycles. The zero-order valence-electron chi connectivity index (χ0n) is 9.33. The minimum absolute atomic E-state index is 0.335. The van der Waals surface area contributed by atoms with Crippen LogP contribution in [0.5, 0.6) is 0 Å². The Morgan fingerprint density at radius 2 is 2.25 bits per heavy atom. The monoisotopic (exact) mass is 218 g/mol. The third-order valence-corrected chi connectivity index (χ3v) is 3.15. The van der Waals surface area contributed by atoms with Crippen molar-refractivity contribution in [2.45, 2.75) is 32.2 Å². The zero-order valence-corrected chi connectivity index (χ0v) is 9.33. The Balaban J connectivity index is 2.08. The normalized spacial score (nSPS) is 24.1. The van der Waals surface area contributed by atoms with Gasteiger partial charge in [0, 0.05) is 6.04 Å². The van der Waals surface area contributed by atoms with E-state index in [1.54, 1.807) is 12.1 Å². The molecule has 2 rings (SSSR count). The molecule has 0 radical (unpaired) electrons. The van der Waals surface area contributed by atoms with Crippen LogP contribution in [0.3, 0.4) is 0 Å². The number of hydrogen-bond donors (Lipinski definition) is 1. The fourth-order valence-electron chi connectivity index (χ4n) is 2.26. The largest absolute Gasteiger partial charge is 0.380 e. The van der Waals surface area contributed by atoms with Gasteiger partial charge in [-0.3, -0.25) is 0 Å². The van der Waals surface area contributed by atoms with Crippen molar-refractivity contribution in [2.24, 2.45) is 5.92 Å². The summed E-state index contributed by atoms with van der Waals surface area (Å²) in [4.78, 5) is 0. The maximum atomic E-state index is 13.6. The van der Waals surface area contributed by atoms with E-state index in [1.807, 2.05) is 6.07 Å². The van der Waals surface area contributed by atoms with Gasteiger partial charge in [-0.15, -0.1) is 0 Å². The van der Waals surface area contributed by atoms with E-state index < -0.39 is 0 Å². The van der Waals surface area contributed by atoms with Gasteiger partial charge >= 0.3 is 0 Å². The first-order valence-corrected chi connectivity index (χ1v) is 5.65. The molecule has 0 bridgehead atoms. The molecule has 1 aromatic rings. The third-order valence-electron chi connectivity index (χ3n) is 3.15. The SMILES string of the molecule is CC1CCC(Nc2ccc(C#N)cc2F)C1. The maximum absolute atomic E-state index is 13.6. The molecule has 0 heterocycles. The van der Waals surface area contributed by atoms with Crippen LogP contribution in [0.15, 0.2) is 18.2 Å². The van der Waals surface area contributed by atoms with Gasteiger partial charge in [-0.05, 0) is 43.4 Å². The minimum Gasteiger partial charge on any atom is -0.380 e. The number of anilines is 1. The van der Waals surface area contributed by atoms with Gasteiger partial charge in [0.1, 0.15) is 5.82 Å². The van der Waals surface area contributed by atoms with Gasteiger partial charge in [-0.25, -0.2) is 4.39 Å². The number of nitrogens with one attached hydrogen (secondary N) is 1. The zero-order chi connectivity index (χ0) is 11.5. The first-order chi connectivity index (χ1) is 7.69. The third kappa shape index (κ3) is 2.33. The lowest BCUT2D eigenvalue weighted by Crippen LogP contribution is -2.16. The highest BCUT2D eigenvalue weighted by Crippen LogP contribution is 2.28. The van der Waals surface area contributed by atoms with E-state index in [0.29, 0.717) is 17.3 Å². The van der Waals surface area contributed by atoms with Crippen LogP contribution < -0.4 is 5.32 Å². The van der Waals surface area contributed by atoms with Crippen LogP contribution in [0, 0.1) is 23.1 Å². The number of hydrogen-bond acceptors (Lipinski definition) is 2. The van der Waals surface area contributed by atoms with E-state index in [4.69, 9.17) is 5.26 Å². The second-order valence-corrected chi connectivity index (χ2v) is 4.57. The van der Waals surface area contributed by atoms with Crippen LogP contribution in [0.2, 0.25) is 0 Å². The average Bonchev–Trinajstić information content (AvgIpc) is 2.67. The van der Waals surface area contributed by atoms with Gasteiger partial charge in [0.2, 0.25) is 0 Å². The average molecular weight is 218 g/mol. The fourth-order valence-corrected chi connectivity index (χ4v) is 2.26. The fraction of sp³-hybridized carbons (Fsp3) is 0.462. The molecule has 2 nitrogen and oxygen atoms in total. The Morgan fingerprint density at radius 1 is 1.44 bits per heavy atom. The highest BCUT2D eigenvalue weighted by atomic mass is 19.1. The molecular formula is C13H15FN2. The molecule has 1 fully saturated rings. The van der Waals surface area contributed by atoms with E-state index in [0.717, 1.165) is 18.8 Å². The van der Waals surface area contributed by atoms with Gasteiger partial charge in [0.25, 0.3) is 0 Å². The molecule has 3 heteroatoms. The Labute approximate surface area is 95.1 Å². The quantitative estimate of drug-likeness (QED) is 0.826. The molecule has 16 heavy (non-hydrogen) atoms. The Hall–Kier alpha value is -1.56. The molecule has 84 valence electrons. The van der Waals surface area contributed by atoms with E-state index in [-0.39, 0.29) is 5.82 Å². The summed E-state index contributed by atoms with van der Waals surface area (Å²) < 4.78 is 13.6. The summed E-state index contributed by atoms with van der Waals surface area (Å²) in [5.74, 6) is 0.387. The van der Waals surface area contributed by atoms with Crippen LogP contribution in [-0.2, 0) is 0 Å². The first-order valence-electron chi connectivity index (χ1n) is 5.65. The van der Waals surface area contributed by atoms with Crippen molar-refractivity contribution in [2.75, 3.05) is 5.32 Å². The number of nitrogens with zero attached hydrogens (tertiary/aromatic N) is 1. The summed E-state index contributed by atoms with van der Waals surface area (Å²) in [6.45, 7) is 2.22. The standard InChI is InChI=1S/C13H15FN2/c1-9-2-4-11(6-9)16-13-5-3-10(8-15)7-12(13)14/h3,5,7,9,11,16H,2,4,6H2,1H3. The summed E-state index contributed by atoms with van der Waals surface area (Å²) >= 11 is 0. The molecule has 1 aliphatic carbocycles. The lowest BCUT2D eigenvalue weighted by molar-refractivity contribution is 0.597. The van der Waals surface area contributed by atoms with Crippen molar-refractivity contribution < 1.29 is 4.39 Å². The molecule has 1 aliphatic rings. The predicted molar refractivity (Wildman–Crippen MR) is 61.5 cm³/mol. The van der Waals surface area contributed by atoms with E-state index in [2.05, 4.69) is 12.2 Å².